The van der Waals surface area contributed by atoms with Crippen molar-refractivity contribution in [1.29, 1.82) is 0 Å². The Labute approximate surface area is 111 Å². The predicted molar refractivity (Wildman–Crippen MR) is 77.8 cm³/mol. The van der Waals surface area contributed by atoms with E-state index in [1.165, 1.54) is 38.2 Å². The normalized spacial score (nSPS) is 33.7. The average Bonchev–Trinajstić information content (AvgIpc) is 2.13. The fraction of sp³-hybridized carbons (Fsp3) is 1.00. The molecule has 2 unspecified atom stereocenters. The topological polar surface area (TPSA) is 15.3 Å². The Morgan fingerprint density at radius 1 is 1.35 bits per heavy atom. The molecule has 0 amide bonds. The Morgan fingerprint density at radius 2 is 2.12 bits per heavy atom. The highest BCUT2D eigenvalue weighted by atomic mass is 32.2. The van der Waals surface area contributed by atoms with Gasteiger partial charge in [0.15, 0.2) is 0 Å². The van der Waals surface area contributed by atoms with Crippen LogP contribution in [-0.2, 0) is 0 Å². The molecule has 1 aliphatic carbocycles. The van der Waals surface area contributed by atoms with Gasteiger partial charge in [-0.25, -0.2) is 0 Å². The minimum Gasteiger partial charge on any atom is -0.314 e. The van der Waals surface area contributed by atoms with Crippen LogP contribution in [0.5, 0.6) is 0 Å². The molecule has 0 aromatic heterocycles. The number of hydrogen-bond acceptors (Lipinski definition) is 3. The van der Waals surface area contributed by atoms with Crippen molar-refractivity contribution < 1.29 is 0 Å². The van der Waals surface area contributed by atoms with Crippen LogP contribution in [0.3, 0.4) is 0 Å². The summed E-state index contributed by atoms with van der Waals surface area (Å²) in [5.41, 5.74) is 0. The molecule has 1 heterocycles. The van der Waals surface area contributed by atoms with E-state index in [1.807, 2.05) is 0 Å². The van der Waals surface area contributed by atoms with Crippen LogP contribution in [0.4, 0.5) is 0 Å². The minimum atomic E-state index is 0.462. The highest BCUT2D eigenvalue weighted by Crippen LogP contribution is 2.37. The molecule has 0 spiro atoms. The molecule has 0 aromatic carbocycles. The lowest BCUT2D eigenvalue weighted by Gasteiger charge is -2.49. The lowest BCUT2D eigenvalue weighted by Crippen LogP contribution is -2.56. The van der Waals surface area contributed by atoms with E-state index < -0.39 is 0 Å². The Balaban J connectivity index is 1.81. The van der Waals surface area contributed by atoms with Gasteiger partial charge in [-0.1, -0.05) is 13.8 Å². The third kappa shape index (κ3) is 3.62. The van der Waals surface area contributed by atoms with E-state index in [2.05, 4.69) is 49.7 Å². The summed E-state index contributed by atoms with van der Waals surface area (Å²) in [6.45, 7) is 13.1. The van der Waals surface area contributed by atoms with E-state index in [0.29, 0.717) is 10.8 Å². The van der Waals surface area contributed by atoms with Crippen molar-refractivity contribution in [2.75, 3.05) is 25.4 Å². The second kappa shape index (κ2) is 5.50. The quantitative estimate of drug-likeness (QED) is 0.832. The van der Waals surface area contributed by atoms with Gasteiger partial charge in [-0.05, 0) is 39.2 Å². The van der Waals surface area contributed by atoms with Gasteiger partial charge >= 0.3 is 0 Å². The Hall–Kier alpha value is 0.270. The van der Waals surface area contributed by atoms with Gasteiger partial charge < -0.3 is 5.32 Å². The first-order valence-corrected chi connectivity index (χ1v) is 8.08. The zero-order chi connectivity index (χ0) is 12.5. The molecule has 17 heavy (non-hydrogen) atoms. The third-order valence-electron chi connectivity index (χ3n) is 4.09. The SMILES string of the molecule is CC(C)NCC1CCC1N1CCSC(C)(C)C1. The molecule has 0 bridgehead atoms. The van der Waals surface area contributed by atoms with E-state index in [1.54, 1.807) is 0 Å². The highest BCUT2D eigenvalue weighted by molar-refractivity contribution is 8.00. The molecule has 1 saturated heterocycles. The summed E-state index contributed by atoms with van der Waals surface area (Å²) in [6, 6.07) is 1.49. The molecule has 2 nitrogen and oxygen atoms in total. The van der Waals surface area contributed by atoms with Gasteiger partial charge in [-0.15, -0.1) is 0 Å². The van der Waals surface area contributed by atoms with Crippen LogP contribution < -0.4 is 5.32 Å². The fourth-order valence-corrected chi connectivity index (χ4v) is 4.13. The van der Waals surface area contributed by atoms with Gasteiger partial charge in [0.1, 0.15) is 0 Å². The van der Waals surface area contributed by atoms with Crippen LogP contribution in [0.25, 0.3) is 0 Å². The molecular weight excluding hydrogens is 228 g/mol. The smallest absolute Gasteiger partial charge is 0.0231 e. The second-order valence-corrected chi connectivity index (χ2v) is 8.35. The maximum atomic E-state index is 3.61. The Kier molecular flexibility index (Phi) is 4.43. The summed E-state index contributed by atoms with van der Waals surface area (Å²) >= 11 is 2.14. The molecule has 2 aliphatic rings. The third-order valence-corrected chi connectivity index (χ3v) is 5.39. The van der Waals surface area contributed by atoms with Gasteiger partial charge in [0.2, 0.25) is 0 Å². The summed E-state index contributed by atoms with van der Waals surface area (Å²) in [5.74, 6) is 2.21. The van der Waals surface area contributed by atoms with E-state index in [4.69, 9.17) is 0 Å². The molecule has 1 N–H and O–H groups in total. The second-order valence-electron chi connectivity index (χ2n) is 6.55. The number of thioether (sulfide) groups is 1. The van der Waals surface area contributed by atoms with Crippen molar-refractivity contribution in [3.05, 3.63) is 0 Å². The molecule has 0 radical (unpaired) electrons. The van der Waals surface area contributed by atoms with Crippen molar-refractivity contribution in [3.63, 3.8) is 0 Å². The molecule has 2 rings (SSSR count). The van der Waals surface area contributed by atoms with Gasteiger partial charge in [-0.2, -0.15) is 11.8 Å². The van der Waals surface area contributed by atoms with Gasteiger partial charge in [0, 0.05) is 35.7 Å². The summed E-state index contributed by atoms with van der Waals surface area (Å²) in [4.78, 5) is 2.76. The van der Waals surface area contributed by atoms with Crippen molar-refractivity contribution in [2.45, 2.75) is 57.4 Å². The van der Waals surface area contributed by atoms with Crippen molar-refractivity contribution in [3.8, 4) is 0 Å². The maximum absolute atomic E-state index is 3.61. The predicted octanol–water partition coefficient (Wildman–Crippen LogP) is 2.59. The number of rotatable bonds is 4. The van der Waals surface area contributed by atoms with Crippen LogP contribution in [0.1, 0.15) is 40.5 Å². The first kappa shape index (κ1) is 13.7. The van der Waals surface area contributed by atoms with E-state index >= 15 is 0 Å². The van der Waals surface area contributed by atoms with E-state index in [-0.39, 0.29) is 0 Å². The monoisotopic (exact) mass is 256 g/mol. The number of hydrogen-bond donors (Lipinski definition) is 1. The van der Waals surface area contributed by atoms with Crippen LogP contribution in [0, 0.1) is 5.92 Å². The summed E-state index contributed by atoms with van der Waals surface area (Å²) in [6.07, 6.45) is 2.85. The van der Waals surface area contributed by atoms with Crippen molar-refractivity contribution >= 4 is 11.8 Å². The van der Waals surface area contributed by atoms with Gasteiger partial charge in [0.25, 0.3) is 0 Å². The molecule has 1 saturated carbocycles. The van der Waals surface area contributed by atoms with Gasteiger partial charge in [0.05, 0.1) is 0 Å². The Morgan fingerprint density at radius 3 is 2.65 bits per heavy atom. The molecule has 100 valence electrons. The molecule has 1 aliphatic heterocycles. The maximum Gasteiger partial charge on any atom is 0.0231 e. The first-order chi connectivity index (χ1) is 7.98. The largest absolute Gasteiger partial charge is 0.314 e. The van der Waals surface area contributed by atoms with E-state index in [0.717, 1.165) is 12.0 Å². The number of nitrogens with one attached hydrogen (secondary N) is 1. The molecule has 3 heteroatoms. The lowest BCUT2D eigenvalue weighted by molar-refractivity contribution is 0.0571. The first-order valence-electron chi connectivity index (χ1n) is 7.09. The van der Waals surface area contributed by atoms with E-state index in [9.17, 15) is 0 Å². The van der Waals surface area contributed by atoms with Crippen molar-refractivity contribution in [1.82, 2.24) is 10.2 Å². The standard InChI is InChI=1S/C14H28N2S/c1-11(2)15-9-12-5-6-13(12)16-7-8-17-14(3,4)10-16/h11-13,15H,5-10H2,1-4H3. The lowest BCUT2D eigenvalue weighted by atomic mass is 9.78. The minimum absolute atomic E-state index is 0.462. The molecule has 2 atom stereocenters. The summed E-state index contributed by atoms with van der Waals surface area (Å²) in [7, 11) is 0. The van der Waals surface area contributed by atoms with Crippen LogP contribution in [0.2, 0.25) is 0 Å². The van der Waals surface area contributed by atoms with Crippen LogP contribution >= 0.6 is 11.8 Å². The Bertz CT molecular complexity index is 253. The van der Waals surface area contributed by atoms with Crippen molar-refractivity contribution in [2.24, 2.45) is 5.92 Å². The van der Waals surface area contributed by atoms with Gasteiger partial charge in [-0.3, -0.25) is 4.90 Å². The highest BCUT2D eigenvalue weighted by Gasteiger charge is 2.39. The molecule has 2 fully saturated rings. The average molecular weight is 256 g/mol. The summed E-state index contributed by atoms with van der Waals surface area (Å²) < 4.78 is 0.462. The molecule has 0 aromatic rings. The fourth-order valence-electron chi connectivity index (χ4n) is 2.99. The zero-order valence-electron chi connectivity index (χ0n) is 11.8. The zero-order valence-corrected chi connectivity index (χ0v) is 12.6. The number of nitrogens with zero attached hydrogens (tertiary/aromatic N) is 1. The molecular formula is C14H28N2S. The van der Waals surface area contributed by atoms with Crippen LogP contribution in [0.15, 0.2) is 0 Å². The summed E-state index contributed by atoms with van der Waals surface area (Å²) in [5, 5.41) is 3.61. The van der Waals surface area contributed by atoms with Crippen LogP contribution in [-0.4, -0.2) is 47.1 Å².